The molecule has 0 aliphatic carbocycles. The molecule has 32 heavy (non-hydrogen) atoms. The van der Waals surface area contributed by atoms with Gasteiger partial charge in [-0.25, -0.2) is 4.98 Å². The standard InChI is InChI=1S/C26H23N5.ClH/c1-16-24(17(2)31-30-16)26-22-14-21(19-6-4-3-5-7-19)25(29-23(22)12-13-28-26)20-10-8-18(15-27)9-11-20;/h3-14H,15,27H2,1-2H3,(H,30,31);1H. The van der Waals surface area contributed by atoms with E-state index in [1.54, 1.807) is 0 Å². The first-order valence-electron chi connectivity index (χ1n) is 10.3. The van der Waals surface area contributed by atoms with E-state index in [4.69, 9.17) is 15.7 Å². The molecule has 3 N–H and O–H groups in total. The highest BCUT2D eigenvalue weighted by Gasteiger charge is 2.18. The van der Waals surface area contributed by atoms with E-state index in [0.717, 1.165) is 61.5 Å². The molecule has 0 unspecified atom stereocenters. The number of aromatic amines is 1. The fourth-order valence-corrected chi connectivity index (χ4v) is 4.05. The molecule has 0 amide bonds. The molecule has 3 aromatic heterocycles. The lowest BCUT2D eigenvalue weighted by atomic mass is 9.95. The molecule has 5 aromatic rings. The SMILES string of the molecule is Cc1n[nH]c(C)c1-c1nccc2nc(-c3ccc(CN)cc3)c(-c3ccccc3)cc12.Cl. The Morgan fingerprint density at radius 2 is 1.62 bits per heavy atom. The summed E-state index contributed by atoms with van der Waals surface area (Å²) in [6.07, 6.45) is 1.82. The van der Waals surface area contributed by atoms with Crippen LogP contribution in [0.2, 0.25) is 0 Å². The minimum absolute atomic E-state index is 0. The molecule has 0 bridgehead atoms. The Kier molecular flexibility index (Phi) is 6.04. The number of hydrogen-bond acceptors (Lipinski definition) is 4. The van der Waals surface area contributed by atoms with Crippen LogP contribution in [-0.2, 0) is 6.54 Å². The van der Waals surface area contributed by atoms with Gasteiger partial charge < -0.3 is 5.73 Å². The number of rotatable bonds is 4. The predicted octanol–water partition coefficient (Wildman–Crippen LogP) is 5.85. The predicted molar refractivity (Wildman–Crippen MR) is 133 cm³/mol. The molecular weight excluding hydrogens is 418 g/mol. The number of nitrogens with two attached hydrogens (primary N) is 1. The third-order valence-electron chi connectivity index (χ3n) is 5.66. The normalized spacial score (nSPS) is 10.8. The summed E-state index contributed by atoms with van der Waals surface area (Å²) in [5, 5.41) is 8.45. The second-order valence-corrected chi connectivity index (χ2v) is 7.69. The van der Waals surface area contributed by atoms with E-state index in [-0.39, 0.29) is 12.4 Å². The lowest BCUT2D eigenvalue weighted by Crippen LogP contribution is -1.97. The van der Waals surface area contributed by atoms with E-state index in [9.17, 15) is 0 Å². The quantitative estimate of drug-likeness (QED) is 0.366. The highest BCUT2D eigenvalue weighted by atomic mass is 35.5. The Balaban J connectivity index is 0.00000245. The van der Waals surface area contributed by atoms with Gasteiger partial charge in [-0.15, -0.1) is 12.4 Å². The summed E-state index contributed by atoms with van der Waals surface area (Å²) in [5.41, 5.74) is 15.9. The molecule has 2 aromatic carbocycles. The molecular formula is C26H24ClN5. The maximum Gasteiger partial charge on any atom is 0.0833 e. The Labute approximate surface area is 193 Å². The van der Waals surface area contributed by atoms with Crippen molar-refractivity contribution in [3.8, 4) is 33.6 Å². The van der Waals surface area contributed by atoms with Gasteiger partial charge >= 0.3 is 0 Å². The fraction of sp³-hybridized carbons (Fsp3) is 0.115. The van der Waals surface area contributed by atoms with Crippen LogP contribution in [0.1, 0.15) is 17.0 Å². The van der Waals surface area contributed by atoms with Gasteiger partial charge in [0.2, 0.25) is 0 Å². The van der Waals surface area contributed by atoms with E-state index >= 15 is 0 Å². The van der Waals surface area contributed by atoms with Crippen molar-refractivity contribution in [2.24, 2.45) is 5.73 Å². The van der Waals surface area contributed by atoms with Crippen LogP contribution in [0.5, 0.6) is 0 Å². The van der Waals surface area contributed by atoms with Gasteiger partial charge in [-0.05, 0) is 37.1 Å². The van der Waals surface area contributed by atoms with Crippen LogP contribution in [0.3, 0.4) is 0 Å². The number of aryl methyl sites for hydroxylation is 2. The van der Waals surface area contributed by atoms with Gasteiger partial charge in [-0.2, -0.15) is 5.10 Å². The van der Waals surface area contributed by atoms with E-state index in [1.165, 1.54) is 0 Å². The first-order valence-corrected chi connectivity index (χ1v) is 10.3. The molecule has 0 aliphatic heterocycles. The number of hydrogen-bond donors (Lipinski definition) is 2. The molecule has 5 nitrogen and oxygen atoms in total. The topological polar surface area (TPSA) is 80.5 Å². The molecule has 0 saturated carbocycles. The Morgan fingerprint density at radius 3 is 2.28 bits per heavy atom. The van der Waals surface area contributed by atoms with Crippen LogP contribution in [0, 0.1) is 13.8 Å². The summed E-state index contributed by atoms with van der Waals surface area (Å²) in [7, 11) is 0. The molecule has 3 heterocycles. The molecule has 0 atom stereocenters. The summed E-state index contributed by atoms with van der Waals surface area (Å²) in [5.74, 6) is 0. The number of H-pyrrole nitrogens is 1. The van der Waals surface area contributed by atoms with Crippen LogP contribution >= 0.6 is 12.4 Å². The van der Waals surface area contributed by atoms with Crippen molar-refractivity contribution in [1.29, 1.82) is 0 Å². The van der Waals surface area contributed by atoms with Gasteiger partial charge in [0.1, 0.15) is 0 Å². The van der Waals surface area contributed by atoms with Crippen molar-refractivity contribution in [1.82, 2.24) is 20.2 Å². The number of fused-ring (bicyclic) bond motifs is 1. The van der Waals surface area contributed by atoms with Crippen LogP contribution < -0.4 is 5.73 Å². The van der Waals surface area contributed by atoms with Gasteiger partial charge in [0.25, 0.3) is 0 Å². The second-order valence-electron chi connectivity index (χ2n) is 7.69. The lowest BCUT2D eigenvalue weighted by Gasteiger charge is -2.14. The highest BCUT2D eigenvalue weighted by Crippen LogP contribution is 2.37. The van der Waals surface area contributed by atoms with Gasteiger partial charge in [0.05, 0.1) is 22.6 Å². The Morgan fingerprint density at radius 1 is 0.875 bits per heavy atom. The molecule has 0 saturated heterocycles. The van der Waals surface area contributed by atoms with Gasteiger partial charge in [0, 0.05) is 40.5 Å². The molecule has 5 rings (SSSR count). The van der Waals surface area contributed by atoms with Crippen LogP contribution in [0.15, 0.2) is 72.9 Å². The highest BCUT2D eigenvalue weighted by molar-refractivity contribution is 5.99. The largest absolute Gasteiger partial charge is 0.326 e. The number of benzene rings is 2. The van der Waals surface area contributed by atoms with Crippen LogP contribution in [0.4, 0.5) is 0 Å². The average molecular weight is 442 g/mol. The minimum atomic E-state index is 0. The summed E-state index contributed by atoms with van der Waals surface area (Å²) in [6, 6.07) is 22.8. The minimum Gasteiger partial charge on any atom is -0.326 e. The third-order valence-corrected chi connectivity index (χ3v) is 5.66. The van der Waals surface area contributed by atoms with E-state index in [0.29, 0.717) is 6.54 Å². The summed E-state index contributed by atoms with van der Waals surface area (Å²) in [4.78, 5) is 9.82. The van der Waals surface area contributed by atoms with Crippen molar-refractivity contribution < 1.29 is 0 Å². The zero-order valence-corrected chi connectivity index (χ0v) is 18.8. The van der Waals surface area contributed by atoms with Crippen molar-refractivity contribution in [3.05, 3.63) is 89.9 Å². The summed E-state index contributed by atoms with van der Waals surface area (Å²) in [6.45, 7) is 4.54. The summed E-state index contributed by atoms with van der Waals surface area (Å²) >= 11 is 0. The Hall–Kier alpha value is -3.54. The smallest absolute Gasteiger partial charge is 0.0833 e. The average Bonchev–Trinajstić information content (AvgIpc) is 3.16. The number of aromatic nitrogens is 4. The number of nitrogens with zero attached hydrogens (tertiary/aromatic N) is 3. The lowest BCUT2D eigenvalue weighted by molar-refractivity contribution is 1.02. The molecule has 0 aliphatic rings. The molecule has 6 heteroatoms. The molecule has 0 fully saturated rings. The second kappa shape index (κ2) is 8.91. The maximum absolute atomic E-state index is 5.79. The van der Waals surface area contributed by atoms with Crippen LogP contribution in [-0.4, -0.2) is 20.2 Å². The molecule has 0 spiro atoms. The first kappa shape index (κ1) is 21.7. The maximum atomic E-state index is 5.79. The van der Waals surface area contributed by atoms with E-state index < -0.39 is 0 Å². The zero-order chi connectivity index (χ0) is 21.4. The van der Waals surface area contributed by atoms with Crippen LogP contribution in [0.25, 0.3) is 44.5 Å². The van der Waals surface area contributed by atoms with Gasteiger partial charge in [0.15, 0.2) is 0 Å². The third kappa shape index (κ3) is 3.77. The molecule has 0 radical (unpaired) electrons. The van der Waals surface area contributed by atoms with Crippen molar-refractivity contribution in [3.63, 3.8) is 0 Å². The van der Waals surface area contributed by atoms with E-state index in [2.05, 4.69) is 64.8 Å². The molecule has 160 valence electrons. The van der Waals surface area contributed by atoms with Gasteiger partial charge in [-0.1, -0.05) is 54.6 Å². The monoisotopic (exact) mass is 441 g/mol. The Bertz CT molecular complexity index is 1360. The van der Waals surface area contributed by atoms with Gasteiger partial charge in [-0.3, -0.25) is 10.1 Å². The first-order chi connectivity index (χ1) is 15.2. The van der Waals surface area contributed by atoms with Crippen molar-refractivity contribution >= 4 is 23.3 Å². The summed E-state index contributed by atoms with van der Waals surface area (Å²) < 4.78 is 0. The fourth-order valence-electron chi connectivity index (χ4n) is 4.05. The number of nitrogens with one attached hydrogen (secondary N) is 1. The number of halogens is 1. The van der Waals surface area contributed by atoms with Crippen molar-refractivity contribution in [2.75, 3.05) is 0 Å². The zero-order valence-electron chi connectivity index (χ0n) is 18.0. The van der Waals surface area contributed by atoms with E-state index in [1.807, 2.05) is 32.2 Å². The van der Waals surface area contributed by atoms with Crippen molar-refractivity contribution in [2.45, 2.75) is 20.4 Å². The number of pyridine rings is 2.